The van der Waals surface area contributed by atoms with Crippen LogP contribution in [0.15, 0.2) is 35.2 Å². The average Bonchev–Trinajstić information content (AvgIpc) is 2.38. The number of hydrazine groups is 1. The molecule has 0 spiro atoms. The molecule has 0 bridgehead atoms. The molecule has 0 saturated carbocycles. The van der Waals surface area contributed by atoms with E-state index in [9.17, 15) is 0 Å². The fourth-order valence-electron chi connectivity index (χ4n) is 1.19. The molecule has 1 aliphatic rings. The van der Waals surface area contributed by atoms with E-state index < -0.39 is 0 Å². The van der Waals surface area contributed by atoms with E-state index in [2.05, 4.69) is 16.0 Å². The van der Waals surface area contributed by atoms with E-state index in [0.717, 1.165) is 11.1 Å². The average molecular weight is 174 g/mol. The molecule has 0 atom stereocenters. The summed E-state index contributed by atoms with van der Waals surface area (Å²) in [5, 5.41) is 3.98. The predicted molar refractivity (Wildman–Crippen MR) is 52.5 cm³/mol. The highest BCUT2D eigenvalue weighted by Gasteiger charge is 2.01. The maximum atomic E-state index is 5.28. The van der Waals surface area contributed by atoms with Crippen LogP contribution < -0.4 is 16.7 Å². The molecule has 0 unspecified atom stereocenters. The number of fused-ring (bicyclic) bond motifs is 1. The van der Waals surface area contributed by atoms with Gasteiger partial charge in [-0.2, -0.15) is 5.10 Å². The maximum Gasteiger partial charge on any atom is 0.134 e. The highest BCUT2D eigenvalue weighted by molar-refractivity contribution is 5.86. The first-order valence-electron chi connectivity index (χ1n) is 3.96. The van der Waals surface area contributed by atoms with Gasteiger partial charge in [-0.05, 0) is 11.6 Å². The van der Waals surface area contributed by atoms with Crippen LogP contribution in [0.2, 0.25) is 0 Å². The number of benzene rings is 1. The fraction of sp³-hybridized carbons (Fsp3) is 0. The summed E-state index contributed by atoms with van der Waals surface area (Å²) in [6.07, 6.45) is 3.67. The topological polar surface area (TPSA) is 62.4 Å². The number of rotatable bonds is 1. The molecule has 1 aromatic rings. The minimum atomic E-state index is 0.682. The number of nitrogens with one attached hydrogen (secondary N) is 2. The van der Waals surface area contributed by atoms with Crippen molar-refractivity contribution < 1.29 is 0 Å². The number of hydrazone groups is 1. The molecule has 13 heavy (non-hydrogen) atoms. The molecule has 0 amide bonds. The third-order valence-corrected chi connectivity index (χ3v) is 1.84. The lowest BCUT2D eigenvalue weighted by Crippen LogP contribution is -2.28. The van der Waals surface area contributed by atoms with Gasteiger partial charge >= 0.3 is 0 Å². The van der Waals surface area contributed by atoms with Crippen LogP contribution in [0.4, 0.5) is 0 Å². The van der Waals surface area contributed by atoms with Gasteiger partial charge in [0.05, 0.1) is 6.21 Å². The van der Waals surface area contributed by atoms with Gasteiger partial charge in [0.2, 0.25) is 0 Å². The molecule has 4 nitrogen and oxygen atoms in total. The van der Waals surface area contributed by atoms with E-state index in [1.165, 1.54) is 0 Å². The molecule has 0 fully saturated rings. The van der Waals surface area contributed by atoms with Crippen LogP contribution in [0, 0.1) is 0 Å². The van der Waals surface area contributed by atoms with E-state index in [1.54, 1.807) is 6.21 Å². The summed E-state index contributed by atoms with van der Waals surface area (Å²) in [4.78, 5) is 0. The third-order valence-electron chi connectivity index (χ3n) is 1.84. The van der Waals surface area contributed by atoms with Gasteiger partial charge in [0.15, 0.2) is 0 Å². The highest BCUT2D eigenvalue weighted by Crippen LogP contribution is 2.11. The first-order chi connectivity index (χ1) is 6.40. The van der Waals surface area contributed by atoms with E-state index in [4.69, 9.17) is 5.84 Å². The van der Waals surface area contributed by atoms with Gasteiger partial charge in [0.25, 0.3) is 0 Å². The lowest BCUT2D eigenvalue weighted by atomic mass is 10.1. The molecular formula is C9H10N4. The number of nitrogens with two attached hydrogens (primary N) is 1. The summed E-state index contributed by atoms with van der Waals surface area (Å²) in [5.41, 5.74) is 7.45. The number of nitrogens with zero attached hydrogens (tertiary/aromatic N) is 1. The summed E-state index contributed by atoms with van der Waals surface area (Å²) in [5.74, 6) is 5.96. The number of hydrogen-bond donors (Lipinski definition) is 3. The Balaban J connectivity index is 2.49. The number of hydrogen-bond acceptors (Lipinski definition) is 4. The minimum absolute atomic E-state index is 0.682. The first kappa shape index (κ1) is 7.82. The van der Waals surface area contributed by atoms with E-state index in [1.807, 2.05) is 30.3 Å². The van der Waals surface area contributed by atoms with Gasteiger partial charge in [0, 0.05) is 5.56 Å². The molecule has 4 heteroatoms. The minimum Gasteiger partial charge on any atom is -0.309 e. The molecule has 1 aliphatic heterocycles. The molecule has 4 N–H and O–H groups in total. The van der Waals surface area contributed by atoms with Crippen LogP contribution in [0.1, 0.15) is 11.1 Å². The van der Waals surface area contributed by atoms with Crippen molar-refractivity contribution in [2.24, 2.45) is 10.9 Å². The molecule has 1 aromatic carbocycles. The van der Waals surface area contributed by atoms with Gasteiger partial charge in [-0.1, -0.05) is 24.3 Å². The van der Waals surface area contributed by atoms with Crippen molar-refractivity contribution in [1.29, 1.82) is 0 Å². The van der Waals surface area contributed by atoms with Crippen molar-refractivity contribution in [2.75, 3.05) is 0 Å². The quantitative estimate of drug-likeness (QED) is 0.426. The Morgan fingerprint density at radius 3 is 2.77 bits per heavy atom. The second-order valence-corrected chi connectivity index (χ2v) is 2.70. The largest absolute Gasteiger partial charge is 0.309 e. The SMILES string of the molecule is NNC1=Cc2ccccc2C=NN1. The second kappa shape index (κ2) is 3.28. The van der Waals surface area contributed by atoms with Crippen LogP contribution in [-0.2, 0) is 0 Å². The van der Waals surface area contributed by atoms with Crippen molar-refractivity contribution in [1.82, 2.24) is 10.9 Å². The Kier molecular flexibility index (Phi) is 1.97. The Labute approximate surface area is 76.1 Å². The molecule has 66 valence electrons. The lowest BCUT2D eigenvalue weighted by molar-refractivity contribution is 0.753. The molecular weight excluding hydrogens is 164 g/mol. The Bertz CT molecular complexity index is 368. The Hall–Kier alpha value is -1.81. The molecule has 0 radical (unpaired) electrons. The third kappa shape index (κ3) is 1.52. The summed E-state index contributed by atoms with van der Waals surface area (Å²) in [7, 11) is 0. The van der Waals surface area contributed by atoms with Crippen molar-refractivity contribution in [2.45, 2.75) is 0 Å². The molecule has 1 heterocycles. The molecule has 0 aromatic heterocycles. The smallest absolute Gasteiger partial charge is 0.134 e. The van der Waals surface area contributed by atoms with Crippen molar-refractivity contribution in [3.8, 4) is 0 Å². The Morgan fingerprint density at radius 2 is 2.00 bits per heavy atom. The van der Waals surface area contributed by atoms with Crippen molar-refractivity contribution in [3.63, 3.8) is 0 Å². The summed E-state index contributed by atoms with van der Waals surface area (Å²) in [6.45, 7) is 0. The zero-order valence-corrected chi connectivity index (χ0v) is 6.99. The van der Waals surface area contributed by atoms with Crippen LogP contribution in [0.3, 0.4) is 0 Å². The fourth-order valence-corrected chi connectivity index (χ4v) is 1.19. The van der Waals surface area contributed by atoms with Crippen LogP contribution in [0.25, 0.3) is 6.08 Å². The van der Waals surface area contributed by atoms with Gasteiger partial charge in [-0.3, -0.25) is 5.43 Å². The zero-order chi connectivity index (χ0) is 9.10. The van der Waals surface area contributed by atoms with Gasteiger partial charge < -0.3 is 5.43 Å². The molecule has 2 rings (SSSR count). The standard InChI is InChI=1S/C9H10N4/c10-12-9-5-7-3-1-2-4-8(7)6-11-13-9/h1-6,12-13H,10H2. The first-order valence-corrected chi connectivity index (χ1v) is 3.96. The predicted octanol–water partition coefficient (Wildman–Crippen LogP) is 0.385. The van der Waals surface area contributed by atoms with Gasteiger partial charge in [0.1, 0.15) is 5.82 Å². The molecule has 0 aliphatic carbocycles. The second-order valence-electron chi connectivity index (χ2n) is 2.70. The highest BCUT2D eigenvalue weighted by atomic mass is 15.4. The van der Waals surface area contributed by atoms with Crippen molar-refractivity contribution in [3.05, 3.63) is 41.2 Å². The van der Waals surface area contributed by atoms with Crippen LogP contribution >= 0.6 is 0 Å². The van der Waals surface area contributed by atoms with E-state index >= 15 is 0 Å². The Morgan fingerprint density at radius 1 is 1.23 bits per heavy atom. The summed E-state index contributed by atoms with van der Waals surface area (Å²) >= 11 is 0. The van der Waals surface area contributed by atoms with Gasteiger partial charge in [-0.25, -0.2) is 5.84 Å². The van der Waals surface area contributed by atoms with Gasteiger partial charge in [-0.15, -0.1) is 0 Å². The molecule has 0 saturated heterocycles. The van der Waals surface area contributed by atoms with E-state index in [-0.39, 0.29) is 0 Å². The zero-order valence-electron chi connectivity index (χ0n) is 6.99. The maximum absolute atomic E-state index is 5.28. The van der Waals surface area contributed by atoms with Crippen LogP contribution in [0.5, 0.6) is 0 Å². The van der Waals surface area contributed by atoms with Crippen LogP contribution in [-0.4, -0.2) is 6.21 Å². The monoisotopic (exact) mass is 174 g/mol. The van der Waals surface area contributed by atoms with E-state index in [0.29, 0.717) is 5.82 Å². The summed E-state index contributed by atoms with van der Waals surface area (Å²) < 4.78 is 0. The normalized spacial score (nSPS) is 13.8. The lowest BCUT2D eigenvalue weighted by Gasteiger charge is -2.02. The van der Waals surface area contributed by atoms with Crippen molar-refractivity contribution >= 4 is 12.3 Å². The summed E-state index contributed by atoms with van der Waals surface area (Å²) in [6, 6.07) is 7.95.